The standard InChI is InChI=1S/C15H30N2O3/c1-5-13-15(18)17(14(16-13)12(2)3)8-6-7-9-20-11-10-19-4/h12-14,16H,5-11H2,1-4H3. The molecule has 1 rings (SSSR count). The van der Waals surface area contributed by atoms with Crippen LogP contribution in [0, 0.1) is 5.92 Å². The Balaban J connectivity index is 2.27. The summed E-state index contributed by atoms with van der Waals surface area (Å²) in [6.07, 6.45) is 3.01. The Bertz CT molecular complexity index is 284. The molecular weight excluding hydrogens is 256 g/mol. The minimum absolute atomic E-state index is 0.000327. The molecule has 5 nitrogen and oxygen atoms in total. The van der Waals surface area contributed by atoms with Crippen molar-refractivity contribution in [2.45, 2.75) is 52.2 Å². The molecule has 2 atom stereocenters. The summed E-state index contributed by atoms with van der Waals surface area (Å²) in [6, 6.07) is 0.000327. The molecule has 0 saturated carbocycles. The molecule has 5 heteroatoms. The highest BCUT2D eigenvalue weighted by Gasteiger charge is 2.38. The minimum Gasteiger partial charge on any atom is -0.382 e. The van der Waals surface area contributed by atoms with E-state index < -0.39 is 0 Å². The summed E-state index contributed by atoms with van der Waals surface area (Å²) in [5.41, 5.74) is 0. The lowest BCUT2D eigenvalue weighted by Gasteiger charge is -2.27. The molecule has 1 aliphatic rings. The molecule has 0 aromatic rings. The number of ether oxygens (including phenoxy) is 2. The van der Waals surface area contributed by atoms with Gasteiger partial charge < -0.3 is 14.4 Å². The van der Waals surface area contributed by atoms with Crippen molar-refractivity contribution in [3.05, 3.63) is 0 Å². The fraction of sp³-hybridized carbons (Fsp3) is 0.933. The van der Waals surface area contributed by atoms with E-state index >= 15 is 0 Å². The summed E-state index contributed by atoms with van der Waals surface area (Å²) in [6.45, 7) is 9.21. The van der Waals surface area contributed by atoms with Crippen molar-refractivity contribution in [3.63, 3.8) is 0 Å². The number of nitrogens with one attached hydrogen (secondary N) is 1. The number of carbonyl (C=O) groups is 1. The van der Waals surface area contributed by atoms with Crippen molar-refractivity contribution in [2.24, 2.45) is 5.92 Å². The third-order valence-corrected chi connectivity index (χ3v) is 3.70. The predicted octanol–water partition coefficient (Wildman–Crippen LogP) is 1.62. The first-order chi connectivity index (χ1) is 9.61. The molecule has 1 aliphatic heterocycles. The van der Waals surface area contributed by atoms with Gasteiger partial charge in [-0.1, -0.05) is 20.8 Å². The van der Waals surface area contributed by atoms with Gasteiger partial charge in [0.25, 0.3) is 0 Å². The first-order valence-corrected chi connectivity index (χ1v) is 7.75. The van der Waals surface area contributed by atoms with E-state index in [0.717, 1.165) is 32.4 Å². The molecule has 0 aromatic heterocycles. The average molecular weight is 286 g/mol. The van der Waals surface area contributed by atoms with Gasteiger partial charge in [-0.15, -0.1) is 0 Å². The molecule has 2 unspecified atom stereocenters. The van der Waals surface area contributed by atoms with E-state index in [4.69, 9.17) is 9.47 Å². The molecule has 20 heavy (non-hydrogen) atoms. The third kappa shape index (κ3) is 5.04. The summed E-state index contributed by atoms with van der Waals surface area (Å²) in [5, 5.41) is 3.44. The van der Waals surface area contributed by atoms with Gasteiger partial charge in [-0.2, -0.15) is 0 Å². The van der Waals surface area contributed by atoms with Crippen molar-refractivity contribution in [1.29, 1.82) is 0 Å². The second kappa shape index (κ2) is 9.32. The van der Waals surface area contributed by atoms with Gasteiger partial charge in [0.05, 0.1) is 25.4 Å². The highest BCUT2D eigenvalue weighted by Crippen LogP contribution is 2.19. The monoisotopic (exact) mass is 286 g/mol. The van der Waals surface area contributed by atoms with Crippen molar-refractivity contribution in [3.8, 4) is 0 Å². The Morgan fingerprint density at radius 1 is 1.25 bits per heavy atom. The number of hydrogen-bond acceptors (Lipinski definition) is 4. The van der Waals surface area contributed by atoms with Crippen LogP contribution in [0.25, 0.3) is 0 Å². The van der Waals surface area contributed by atoms with E-state index in [1.807, 2.05) is 4.90 Å². The fourth-order valence-electron chi connectivity index (χ4n) is 2.53. The van der Waals surface area contributed by atoms with Crippen LogP contribution in [-0.4, -0.2) is 56.5 Å². The van der Waals surface area contributed by atoms with Crippen LogP contribution in [0.5, 0.6) is 0 Å². The first-order valence-electron chi connectivity index (χ1n) is 7.75. The Labute approximate surface area is 123 Å². The van der Waals surface area contributed by atoms with Crippen LogP contribution in [-0.2, 0) is 14.3 Å². The van der Waals surface area contributed by atoms with Crippen LogP contribution in [0.15, 0.2) is 0 Å². The maximum absolute atomic E-state index is 12.3. The lowest BCUT2D eigenvalue weighted by Crippen LogP contribution is -2.42. The summed E-state index contributed by atoms with van der Waals surface area (Å²) < 4.78 is 10.4. The molecule has 118 valence electrons. The molecule has 0 spiro atoms. The highest BCUT2D eigenvalue weighted by atomic mass is 16.5. The van der Waals surface area contributed by atoms with E-state index in [0.29, 0.717) is 19.1 Å². The maximum atomic E-state index is 12.3. The van der Waals surface area contributed by atoms with Gasteiger partial charge in [0.1, 0.15) is 0 Å². The Hall–Kier alpha value is -0.650. The van der Waals surface area contributed by atoms with Crippen molar-refractivity contribution >= 4 is 5.91 Å². The van der Waals surface area contributed by atoms with E-state index in [1.165, 1.54) is 0 Å². The quantitative estimate of drug-likeness (QED) is 0.620. The number of rotatable bonds is 10. The normalized spacial score (nSPS) is 23.1. The Morgan fingerprint density at radius 2 is 2.00 bits per heavy atom. The summed E-state index contributed by atoms with van der Waals surface area (Å²) in [5.74, 6) is 0.694. The number of unbranched alkanes of at least 4 members (excludes halogenated alkanes) is 1. The van der Waals surface area contributed by atoms with Crippen LogP contribution in [0.3, 0.4) is 0 Å². The van der Waals surface area contributed by atoms with Crippen LogP contribution in [0.1, 0.15) is 40.0 Å². The number of nitrogens with zero attached hydrogens (tertiary/aromatic N) is 1. The zero-order valence-corrected chi connectivity index (χ0v) is 13.4. The van der Waals surface area contributed by atoms with Gasteiger partial charge >= 0.3 is 0 Å². The van der Waals surface area contributed by atoms with Gasteiger partial charge in [-0.3, -0.25) is 10.1 Å². The maximum Gasteiger partial charge on any atom is 0.241 e. The van der Waals surface area contributed by atoms with Gasteiger partial charge in [-0.05, 0) is 25.2 Å². The Kier molecular flexibility index (Phi) is 8.11. The second-order valence-electron chi connectivity index (χ2n) is 5.66. The van der Waals surface area contributed by atoms with Crippen LogP contribution in [0.2, 0.25) is 0 Å². The molecule has 1 fully saturated rings. The van der Waals surface area contributed by atoms with Crippen LogP contribution >= 0.6 is 0 Å². The molecule has 1 saturated heterocycles. The second-order valence-corrected chi connectivity index (χ2v) is 5.66. The van der Waals surface area contributed by atoms with Crippen LogP contribution < -0.4 is 5.32 Å². The third-order valence-electron chi connectivity index (χ3n) is 3.70. The molecular formula is C15H30N2O3. The van der Waals surface area contributed by atoms with Gasteiger partial charge in [0, 0.05) is 20.3 Å². The summed E-state index contributed by atoms with van der Waals surface area (Å²) >= 11 is 0. The predicted molar refractivity (Wildman–Crippen MR) is 79.5 cm³/mol. The highest BCUT2D eigenvalue weighted by molar-refractivity contribution is 5.84. The van der Waals surface area contributed by atoms with E-state index in [1.54, 1.807) is 7.11 Å². The lowest BCUT2D eigenvalue weighted by atomic mass is 10.1. The van der Waals surface area contributed by atoms with Gasteiger partial charge in [0.15, 0.2) is 0 Å². The molecule has 0 radical (unpaired) electrons. The molecule has 1 heterocycles. The first kappa shape index (κ1) is 17.4. The summed E-state index contributed by atoms with van der Waals surface area (Å²) in [7, 11) is 1.67. The number of carbonyl (C=O) groups excluding carboxylic acids is 1. The van der Waals surface area contributed by atoms with Crippen molar-refractivity contribution < 1.29 is 14.3 Å². The minimum atomic E-state index is 0.000327. The molecule has 1 amide bonds. The SMILES string of the molecule is CCC1NC(C(C)C)N(CCCCOCCOC)C1=O. The van der Waals surface area contributed by atoms with Gasteiger partial charge in [-0.25, -0.2) is 0 Å². The largest absolute Gasteiger partial charge is 0.382 e. The van der Waals surface area contributed by atoms with Crippen molar-refractivity contribution in [2.75, 3.05) is 33.5 Å². The number of amides is 1. The number of hydrogen-bond donors (Lipinski definition) is 1. The fourth-order valence-corrected chi connectivity index (χ4v) is 2.53. The van der Waals surface area contributed by atoms with E-state index in [-0.39, 0.29) is 18.1 Å². The average Bonchev–Trinajstić information content (AvgIpc) is 2.75. The molecule has 0 aromatic carbocycles. The van der Waals surface area contributed by atoms with Crippen molar-refractivity contribution in [1.82, 2.24) is 10.2 Å². The zero-order chi connectivity index (χ0) is 15.0. The van der Waals surface area contributed by atoms with Crippen LogP contribution in [0.4, 0.5) is 0 Å². The lowest BCUT2D eigenvalue weighted by molar-refractivity contribution is -0.130. The topological polar surface area (TPSA) is 50.8 Å². The zero-order valence-electron chi connectivity index (χ0n) is 13.4. The number of methoxy groups -OCH3 is 1. The van der Waals surface area contributed by atoms with E-state index in [2.05, 4.69) is 26.1 Å². The smallest absolute Gasteiger partial charge is 0.241 e. The van der Waals surface area contributed by atoms with E-state index in [9.17, 15) is 4.79 Å². The van der Waals surface area contributed by atoms with Gasteiger partial charge in [0.2, 0.25) is 5.91 Å². The summed E-state index contributed by atoms with van der Waals surface area (Å²) in [4.78, 5) is 14.3. The molecule has 1 N–H and O–H groups in total. The molecule has 0 aliphatic carbocycles. The molecule has 0 bridgehead atoms. The Morgan fingerprint density at radius 3 is 2.60 bits per heavy atom.